The number of fused-ring (bicyclic) bond motifs is 5. The van der Waals surface area contributed by atoms with E-state index in [0.717, 1.165) is 21.9 Å². The van der Waals surface area contributed by atoms with E-state index >= 15 is 0 Å². The number of alkyl halides is 1. The van der Waals surface area contributed by atoms with Crippen molar-refractivity contribution in [3.63, 3.8) is 0 Å². The normalized spacial score (nSPS) is 13.7. The van der Waals surface area contributed by atoms with Crippen molar-refractivity contribution in [1.29, 1.82) is 0 Å². The second-order valence-electron chi connectivity index (χ2n) is 14.0. The van der Waals surface area contributed by atoms with Crippen LogP contribution in [0, 0.1) is 0 Å². The molecule has 1 unspecified atom stereocenters. The number of hydrogen-bond donors (Lipinski definition) is 7. The third-order valence-corrected chi connectivity index (χ3v) is 11.2. The highest BCUT2D eigenvalue weighted by Gasteiger charge is 2.36. The lowest BCUT2D eigenvalue weighted by Crippen LogP contribution is -2.30. The zero-order valence-electron chi connectivity index (χ0n) is 30.9. The van der Waals surface area contributed by atoms with Gasteiger partial charge >= 0.3 is 6.09 Å². The fraction of sp³-hybridized carbons (Fsp3) is 0.143. The van der Waals surface area contributed by atoms with Gasteiger partial charge in [-0.15, -0.1) is 11.6 Å². The van der Waals surface area contributed by atoms with E-state index in [1.165, 1.54) is 18.2 Å². The van der Waals surface area contributed by atoms with Gasteiger partial charge in [0, 0.05) is 75.1 Å². The van der Waals surface area contributed by atoms with E-state index in [9.17, 15) is 32.1 Å². The maximum absolute atomic E-state index is 14.3. The van der Waals surface area contributed by atoms with Gasteiger partial charge in [-0.1, -0.05) is 36.4 Å². The number of amides is 4. The van der Waals surface area contributed by atoms with Gasteiger partial charge in [-0.3, -0.25) is 24.3 Å². The number of hydrogen-bond acceptors (Lipinski definition) is 8. The molecule has 1 atom stereocenters. The number of nitrogens with zero attached hydrogens (tertiary/aromatic N) is 1. The number of aromatic amines is 2. The largest absolute Gasteiger partial charge is 0.417 e. The molecule has 5 aromatic carbocycles. The minimum absolute atomic E-state index is 0.151. The van der Waals surface area contributed by atoms with E-state index in [1.54, 1.807) is 77.7 Å². The summed E-state index contributed by atoms with van der Waals surface area (Å²) in [6.45, 7) is 0.266. The van der Waals surface area contributed by atoms with Gasteiger partial charge in [0.1, 0.15) is 22.9 Å². The average molecular weight is 851 g/mol. The molecule has 1 aliphatic rings. The molecule has 0 aliphatic carbocycles. The number of aromatic nitrogens is 2. The van der Waals surface area contributed by atoms with E-state index in [-0.39, 0.29) is 65.2 Å². The molecule has 1 aliphatic heterocycles. The van der Waals surface area contributed by atoms with Gasteiger partial charge in [-0.2, -0.15) is 21.0 Å². The van der Waals surface area contributed by atoms with Crippen molar-refractivity contribution in [2.45, 2.75) is 18.1 Å². The Morgan fingerprint density at radius 1 is 0.797 bits per heavy atom. The number of ether oxygens (including phenoxy) is 1. The van der Waals surface area contributed by atoms with Gasteiger partial charge < -0.3 is 30.2 Å². The minimum Gasteiger partial charge on any atom is -0.409 e. The van der Waals surface area contributed by atoms with Crippen LogP contribution in [-0.2, 0) is 20.7 Å². The number of anilines is 4. The molecule has 0 radical (unpaired) electrons. The van der Waals surface area contributed by atoms with Crippen molar-refractivity contribution >= 4 is 113 Å². The molecule has 0 fully saturated rings. The lowest BCUT2D eigenvalue weighted by atomic mass is 9.95. The van der Waals surface area contributed by atoms with Crippen LogP contribution in [0.3, 0.4) is 0 Å². The zero-order chi connectivity index (χ0) is 41.4. The Morgan fingerprint density at radius 2 is 1.46 bits per heavy atom. The van der Waals surface area contributed by atoms with Crippen molar-refractivity contribution in [3.8, 4) is 5.75 Å². The molecule has 3 heterocycles. The fourth-order valence-corrected chi connectivity index (χ4v) is 8.39. The molecule has 300 valence electrons. The van der Waals surface area contributed by atoms with E-state index in [4.69, 9.17) is 16.3 Å². The number of halogens is 1. The third-order valence-electron chi connectivity index (χ3n) is 9.88. The first-order valence-corrected chi connectivity index (χ1v) is 21.1. The molecule has 0 spiro atoms. The van der Waals surface area contributed by atoms with Gasteiger partial charge in [-0.25, -0.2) is 4.79 Å². The second-order valence-corrected chi connectivity index (χ2v) is 16.2. The van der Waals surface area contributed by atoms with Crippen LogP contribution in [0.1, 0.15) is 44.4 Å². The molecule has 6 N–H and O–H groups in total. The Morgan fingerprint density at radius 3 is 2.15 bits per heavy atom. The minimum atomic E-state index is -4.29. The van der Waals surface area contributed by atoms with Gasteiger partial charge in [-0.05, 0) is 82.9 Å². The summed E-state index contributed by atoms with van der Waals surface area (Å²) in [6.07, 6.45) is -0.572. The molecular weight excluding hydrogens is 816 g/mol. The molecule has 0 bridgehead atoms. The molecule has 2 aromatic heterocycles. The maximum Gasteiger partial charge on any atom is 0.417 e. The van der Waals surface area contributed by atoms with Crippen LogP contribution in [0.4, 0.5) is 27.5 Å². The number of H-pyrrole nitrogens is 2. The first-order chi connectivity index (χ1) is 28.3. The third kappa shape index (κ3) is 8.47. The standard InChI is InChI=1S/C42H35ClN6O8S2/c43-20-26-21-49(36-19-37(30-6-1-2-7-31(30)39(26)36)57-42(53)46-27-5-3-4-23(14-27)22-59(54,55)56)41(52)35-18-25-16-29(9-11-33(25)48-35)45-40(51)34-17-24-15-28(8-10-32(24)47-34)44-38(50)12-13-58/h1-11,14-19,26,47-48,58H,12-13,20-22H2,(H,44,50)(H,45,51)(H,46,53)(H,54,55,56). The van der Waals surface area contributed by atoms with Crippen molar-refractivity contribution in [3.05, 3.63) is 126 Å². The van der Waals surface area contributed by atoms with Gasteiger partial charge in [0.25, 0.3) is 21.9 Å². The fourth-order valence-electron chi connectivity index (χ4n) is 7.34. The summed E-state index contributed by atoms with van der Waals surface area (Å²) >= 11 is 10.6. The molecular formula is C42H35ClN6O8S2. The molecule has 7 aromatic rings. The number of rotatable bonds is 11. The summed E-state index contributed by atoms with van der Waals surface area (Å²) in [5.41, 5.74) is 4.99. The molecule has 59 heavy (non-hydrogen) atoms. The number of thiol groups is 1. The van der Waals surface area contributed by atoms with E-state index in [0.29, 0.717) is 44.8 Å². The van der Waals surface area contributed by atoms with E-state index in [1.807, 2.05) is 12.1 Å². The van der Waals surface area contributed by atoms with Crippen LogP contribution >= 0.6 is 24.2 Å². The monoisotopic (exact) mass is 850 g/mol. The Kier molecular flexibility index (Phi) is 10.8. The maximum atomic E-state index is 14.3. The molecule has 0 saturated carbocycles. The summed E-state index contributed by atoms with van der Waals surface area (Å²) in [5, 5.41) is 11.1. The van der Waals surface area contributed by atoms with Crippen LogP contribution in [0.2, 0.25) is 0 Å². The predicted molar refractivity (Wildman–Crippen MR) is 232 cm³/mol. The Labute approximate surface area is 347 Å². The molecule has 0 saturated heterocycles. The lowest BCUT2D eigenvalue weighted by molar-refractivity contribution is -0.115. The summed E-state index contributed by atoms with van der Waals surface area (Å²) in [6, 6.07) is 28.9. The van der Waals surface area contributed by atoms with Crippen molar-refractivity contribution < 1.29 is 36.9 Å². The molecule has 4 amide bonds. The van der Waals surface area contributed by atoms with Crippen LogP contribution in [0.5, 0.6) is 5.75 Å². The highest BCUT2D eigenvalue weighted by molar-refractivity contribution is 7.85. The smallest absolute Gasteiger partial charge is 0.409 e. The Hall–Kier alpha value is -6.33. The second kappa shape index (κ2) is 16.1. The molecule has 14 nitrogen and oxygen atoms in total. The van der Waals surface area contributed by atoms with Gasteiger partial charge in [0.2, 0.25) is 5.91 Å². The topological polar surface area (TPSA) is 203 Å². The van der Waals surface area contributed by atoms with Crippen molar-refractivity contribution in [1.82, 2.24) is 9.97 Å². The summed E-state index contributed by atoms with van der Waals surface area (Å²) in [7, 11) is -4.29. The van der Waals surface area contributed by atoms with Crippen LogP contribution in [0.25, 0.3) is 32.6 Å². The predicted octanol–water partition coefficient (Wildman–Crippen LogP) is 8.29. The highest BCUT2D eigenvalue weighted by Crippen LogP contribution is 2.46. The zero-order valence-corrected chi connectivity index (χ0v) is 33.4. The SMILES string of the molecule is O=C(CCS)Nc1ccc2[nH]c(C(=O)Nc3ccc4[nH]c(C(=O)N5CC(CCl)c6c5cc(OC(=O)Nc5cccc(CS(=O)(=O)O)c5)c5ccccc65)cc4c3)cc2c1. The summed E-state index contributed by atoms with van der Waals surface area (Å²) < 4.78 is 37.8. The number of benzene rings is 5. The van der Waals surface area contributed by atoms with Crippen LogP contribution < -0.4 is 25.6 Å². The molecule has 8 rings (SSSR count). The quantitative estimate of drug-likeness (QED) is 0.0383. The Balaban J connectivity index is 1.02. The number of carbonyl (C=O) groups is 4. The van der Waals surface area contributed by atoms with Gasteiger partial charge in [0.15, 0.2) is 0 Å². The first kappa shape index (κ1) is 39.5. The number of nitrogens with one attached hydrogen (secondary N) is 5. The molecule has 17 heteroatoms. The van der Waals surface area contributed by atoms with Crippen LogP contribution in [-0.4, -0.2) is 64.9 Å². The Bertz CT molecular complexity index is 2950. The summed E-state index contributed by atoms with van der Waals surface area (Å²) in [5.74, 6) is -0.887. The number of carbonyl (C=O) groups excluding carboxylic acids is 4. The van der Waals surface area contributed by atoms with Crippen molar-refractivity contribution in [2.24, 2.45) is 0 Å². The first-order valence-electron chi connectivity index (χ1n) is 18.3. The highest BCUT2D eigenvalue weighted by atomic mass is 35.5. The van der Waals surface area contributed by atoms with E-state index in [2.05, 4.69) is 38.5 Å². The summed E-state index contributed by atoms with van der Waals surface area (Å²) in [4.78, 5) is 60.7. The average Bonchev–Trinajstić information content (AvgIpc) is 3.92. The van der Waals surface area contributed by atoms with Crippen LogP contribution in [0.15, 0.2) is 103 Å². The van der Waals surface area contributed by atoms with Gasteiger partial charge in [0.05, 0.1) is 5.69 Å². The van der Waals surface area contributed by atoms with E-state index < -0.39 is 22.0 Å². The van der Waals surface area contributed by atoms with Crippen molar-refractivity contribution in [2.75, 3.05) is 39.0 Å². The lowest BCUT2D eigenvalue weighted by Gasteiger charge is -2.19.